The number of fused-ring (bicyclic) bond motifs is 2. The van der Waals surface area contributed by atoms with Crippen molar-refractivity contribution in [1.82, 2.24) is 4.98 Å². The molecule has 0 saturated carbocycles. The molecule has 6 heteroatoms. The molecule has 4 nitrogen and oxygen atoms in total. The number of carbonyl (C=O) groups is 1. The fraction of sp³-hybridized carbons (Fsp3) is 0.286. The minimum atomic E-state index is 0.207. The van der Waals surface area contributed by atoms with Crippen LogP contribution in [0.25, 0.3) is 11.3 Å². The van der Waals surface area contributed by atoms with E-state index in [9.17, 15) is 4.79 Å². The fourth-order valence-electron chi connectivity index (χ4n) is 2.74. The van der Waals surface area contributed by atoms with E-state index in [1.807, 2.05) is 11.9 Å². The van der Waals surface area contributed by atoms with Gasteiger partial charge in [0.15, 0.2) is 5.13 Å². The van der Waals surface area contributed by atoms with E-state index in [0.29, 0.717) is 5.75 Å². The van der Waals surface area contributed by atoms with E-state index in [4.69, 9.17) is 0 Å². The zero-order chi connectivity index (χ0) is 13.7. The molecule has 1 aromatic heterocycles. The van der Waals surface area contributed by atoms with Gasteiger partial charge in [0.25, 0.3) is 0 Å². The van der Waals surface area contributed by atoms with E-state index < -0.39 is 0 Å². The van der Waals surface area contributed by atoms with Gasteiger partial charge in [-0.15, -0.1) is 23.1 Å². The van der Waals surface area contributed by atoms with E-state index in [0.717, 1.165) is 35.0 Å². The highest BCUT2D eigenvalue weighted by molar-refractivity contribution is 8.00. The second kappa shape index (κ2) is 4.49. The van der Waals surface area contributed by atoms with Crippen LogP contribution < -0.4 is 10.2 Å². The first-order chi connectivity index (χ1) is 9.78. The maximum absolute atomic E-state index is 12.2. The van der Waals surface area contributed by atoms with E-state index in [-0.39, 0.29) is 5.91 Å². The number of amides is 1. The molecule has 0 unspecified atom stereocenters. The summed E-state index contributed by atoms with van der Waals surface area (Å²) in [4.78, 5) is 21.3. The quantitative estimate of drug-likeness (QED) is 0.880. The van der Waals surface area contributed by atoms with Crippen LogP contribution >= 0.6 is 23.1 Å². The molecule has 0 atom stereocenters. The minimum Gasteiger partial charge on any atom is -0.365 e. The van der Waals surface area contributed by atoms with Crippen LogP contribution in [0, 0.1) is 0 Å². The first-order valence-corrected chi connectivity index (χ1v) is 8.32. The molecule has 20 heavy (non-hydrogen) atoms. The summed E-state index contributed by atoms with van der Waals surface area (Å²) in [7, 11) is 1.89. The molecule has 2 aromatic rings. The third kappa shape index (κ3) is 1.68. The Morgan fingerprint density at radius 1 is 1.40 bits per heavy atom. The number of hydrogen-bond acceptors (Lipinski definition) is 5. The number of thioether (sulfide) groups is 1. The summed E-state index contributed by atoms with van der Waals surface area (Å²) in [5.41, 5.74) is 3.18. The molecular weight excluding hydrogens is 290 g/mol. The van der Waals surface area contributed by atoms with E-state index >= 15 is 0 Å². The lowest BCUT2D eigenvalue weighted by molar-refractivity contribution is -0.116. The Morgan fingerprint density at radius 2 is 2.30 bits per heavy atom. The Bertz CT molecular complexity index is 710. The van der Waals surface area contributed by atoms with Gasteiger partial charge in [0.05, 0.1) is 17.1 Å². The van der Waals surface area contributed by atoms with Crippen LogP contribution in [0.5, 0.6) is 0 Å². The van der Waals surface area contributed by atoms with Gasteiger partial charge in [-0.25, -0.2) is 4.98 Å². The highest BCUT2D eigenvalue weighted by Gasteiger charge is 2.31. The molecule has 0 fully saturated rings. The van der Waals surface area contributed by atoms with Gasteiger partial charge >= 0.3 is 0 Å². The highest BCUT2D eigenvalue weighted by Crippen LogP contribution is 2.46. The Hall–Kier alpha value is -1.53. The molecule has 0 aliphatic carbocycles. The first-order valence-electron chi connectivity index (χ1n) is 6.52. The number of hydrogen-bond donors (Lipinski definition) is 1. The number of nitrogens with zero attached hydrogens (tertiary/aromatic N) is 2. The van der Waals surface area contributed by atoms with Crippen molar-refractivity contribution in [2.45, 2.75) is 11.3 Å². The lowest BCUT2D eigenvalue weighted by atomic mass is 10.1. The van der Waals surface area contributed by atoms with Gasteiger partial charge in [-0.1, -0.05) is 12.1 Å². The molecule has 2 aliphatic heterocycles. The summed E-state index contributed by atoms with van der Waals surface area (Å²) in [5.74, 6) is 0.748. The van der Waals surface area contributed by atoms with Gasteiger partial charge in [-0.05, 0) is 6.07 Å². The second-order valence-corrected chi connectivity index (χ2v) is 6.88. The maximum Gasteiger partial charge on any atom is 0.237 e. The zero-order valence-electron chi connectivity index (χ0n) is 11.0. The van der Waals surface area contributed by atoms with Crippen molar-refractivity contribution in [2.75, 3.05) is 29.6 Å². The average molecular weight is 303 g/mol. The van der Waals surface area contributed by atoms with Crippen LogP contribution in [0.3, 0.4) is 0 Å². The Balaban J connectivity index is 1.98. The van der Waals surface area contributed by atoms with Crippen molar-refractivity contribution in [2.24, 2.45) is 0 Å². The number of anilines is 2. The lowest BCUT2D eigenvalue weighted by Gasteiger charge is -2.29. The zero-order valence-corrected chi connectivity index (χ0v) is 12.6. The van der Waals surface area contributed by atoms with Gasteiger partial charge in [0.1, 0.15) is 0 Å². The number of benzene rings is 1. The molecule has 4 rings (SSSR count). The predicted octanol–water partition coefficient (Wildman–Crippen LogP) is 2.85. The molecule has 102 valence electrons. The van der Waals surface area contributed by atoms with Crippen molar-refractivity contribution in [3.8, 4) is 11.3 Å². The van der Waals surface area contributed by atoms with E-state index in [2.05, 4.69) is 28.5 Å². The van der Waals surface area contributed by atoms with Gasteiger partial charge in [-0.2, -0.15) is 0 Å². The van der Waals surface area contributed by atoms with Crippen molar-refractivity contribution in [3.63, 3.8) is 0 Å². The number of para-hydroxylation sites is 1. The molecule has 0 saturated heterocycles. The predicted molar refractivity (Wildman–Crippen MR) is 83.9 cm³/mol. The summed E-state index contributed by atoms with van der Waals surface area (Å²) in [6, 6.07) is 6.23. The molecule has 0 spiro atoms. The van der Waals surface area contributed by atoms with Crippen LogP contribution in [-0.4, -0.2) is 30.2 Å². The SMILES string of the molecule is CNc1nc2c(s1)CCN1C(=O)CSc3cccc-2c31. The summed E-state index contributed by atoms with van der Waals surface area (Å²) in [6.45, 7) is 0.752. The van der Waals surface area contributed by atoms with Crippen molar-refractivity contribution in [1.29, 1.82) is 0 Å². The summed E-state index contributed by atoms with van der Waals surface area (Å²) in [5, 5.41) is 4.06. The van der Waals surface area contributed by atoms with Crippen molar-refractivity contribution >= 4 is 39.8 Å². The fourth-order valence-corrected chi connectivity index (χ4v) is 4.62. The molecule has 3 heterocycles. The average Bonchev–Trinajstić information content (AvgIpc) is 2.82. The van der Waals surface area contributed by atoms with Crippen LogP contribution in [0.15, 0.2) is 23.1 Å². The molecular formula is C14H13N3OS2. The smallest absolute Gasteiger partial charge is 0.237 e. The van der Waals surface area contributed by atoms with E-state index in [1.165, 1.54) is 9.77 Å². The van der Waals surface area contributed by atoms with Gasteiger partial charge in [0.2, 0.25) is 5.91 Å². The number of carbonyl (C=O) groups excluding carboxylic acids is 1. The highest BCUT2D eigenvalue weighted by atomic mass is 32.2. The number of aromatic nitrogens is 1. The summed E-state index contributed by atoms with van der Waals surface area (Å²) < 4.78 is 0. The van der Waals surface area contributed by atoms with Crippen LogP contribution in [-0.2, 0) is 11.2 Å². The maximum atomic E-state index is 12.2. The number of rotatable bonds is 1. The topological polar surface area (TPSA) is 45.2 Å². The number of nitrogens with one attached hydrogen (secondary N) is 1. The van der Waals surface area contributed by atoms with E-state index in [1.54, 1.807) is 23.1 Å². The normalized spacial score (nSPS) is 16.4. The Labute approximate surface area is 125 Å². The number of thiazole rings is 1. The second-order valence-electron chi connectivity index (χ2n) is 4.78. The molecule has 1 N–H and O–H groups in total. The first kappa shape index (κ1) is 12.2. The molecule has 1 aromatic carbocycles. The summed E-state index contributed by atoms with van der Waals surface area (Å²) >= 11 is 3.31. The van der Waals surface area contributed by atoms with Gasteiger partial charge in [0, 0.05) is 35.3 Å². The summed E-state index contributed by atoms with van der Waals surface area (Å²) in [6.07, 6.45) is 0.874. The molecule has 1 amide bonds. The molecule has 0 radical (unpaired) electrons. The Morgan fingerprint density at radius 3 is 3.15 bits per heavy atom. The van der Waals surface area contributed by atoms with Crippen LogP contribution in [0.2, 0.25) is 0 Å². The van der Waals surface area contributed by atoms with Gasteiger partial charge < -0.3 is 10.2 Å². The minimum absolute atomic E-state index is 0.207. The molecule has 0 bridgehead atoms. The monoisotopic (exact) mass is 303 g/mol. The third-order valence-corrected chi connectivity index (χ3v) is 5.81. The third-order valence-electron chi connectivity index (χ3n) is 3.65. The molecule has 2 aliphatic rings. The van der Waals surface area contributed by atoms with Crippen molar-refractivity contribution in [3.05, 3.63) is 23.1 Å². The van der Waals surface area contributed by atoms with Crippen LogP contribution in [0.4, 0.5) is 10.8 Å². The Kier molecular flexibility index (Phi) is 2.75. The van der Waals surface area contributed by atoms with Gasteiger partial charge in [-0.3, -0.25) is 4.79 Å². The standard InChI is InChI=1S/C14H13N3OS2/c1-15-14-16-12-8-3-2-4-10-13(8)17(11(18)7-19-10)6-5-9(12)20-14/h2-4H,5-7H2,1H3,(H,15,16). The lowest BCUT2D eigenvalue weighted by Crippen LogP contribution is -2.36. The largest absolute Gasteiger partial charge is 0.365 e. The van der Waals surface area contributed by atoms with Crippen LogP contribution in [0.1, 0.15) is 4.88 Å². The van der Waals surface area contributed by atoms with Crippen molar-refractivity contribution < 1.29 is 4.79 Å².